The quantitative estimate of drug-likeness (QED) is 0.157. The van der Waals surface area contributed by atoms with E-state index in [4.69, 9.17) is 15.6 Å². The number of ether oxygens (including phenoxy) is 1. The first-order valence-corrected chi connectivity index (χ1v) is 9.27. The van der Waals surface area contributed by atoms with Gasteiger partial charge in [-0.1, -0.05) is 26.2 Å². The second-order valence-corrected chi connectivity index (χ2v) is 6.15. The third-order valence-electron chi connectivity index (χ3n) is 3.50. The zero-order valence-corrected chi connectivity index (χ0v) is 15.9. The van der Waals surface area contributed by atoms with E-state index in [-0.39, 0.29) is 25.1 Å². The molecule has 2 amide bonds. The van der Waals surface area contributed by atoms with E-state index in [2.05, 4.69) is 30.2 Å². The molecule has 0 bridgehead atoms. The molecule has 2 atom stereocenters. The van der Waals surface area contributed by atoms with Crippen molar-refractivity contribution >= 4 is 36.4 Å². The summed E-state index contributed by atoms with van der Waals surface area (Å²) in [5, 5.41) is 13.5. The zero-order chi connectivity index (χ0) is 19.9. The van der Waals surface area contributed by atoms with Crippen LogP contribution in [-0.2, 0) is 23.9 Å². The maximum atomic E-state index is 12.0. The monoisotopic (exact) mass is 391 g/mol. The van der Waals surface area contributed by atoms with E-state index in [0.717, 1.165) is 25.7 Å². The Balaban J connectivity index is 4.10. The van der Waals surface area contributed by atoms with E-state index in [1.165, 1.54) is 0 Å². The number of rotatable bonds is 14. The summed E-state index contributed by atoms with van der Waals surface area (Å²) in [7, 11) is 0. The third kappa shape index (κ3) is 11.7. The fraction of sp³-hybridized carbons (Fsp3) is 0.750. The van der Waals surface area contributed by atoms with Crippen LogP contribution in [0, 0.1) is 0 Å². The van der Waals surface area contributed by atoms with E-state index in [9.17, 15) is 19.2 Å². The van der Waals surface area contributed by atoms with Gasteiger partial charge in [-0.2, -0.15) is 12.6 Å². The summed E-state index contributed by atoms with van der Waals surface area (Å²) in [6, 6.07) is -2.08. The van der Waals surface area contributed by atoms with Crippen molar-refractivity contribution in [2.75, 3.05) is 18.9 Å². The SMILES string of the molecule is CCCCCCOC(=O)CNC(=O)C(CS)NC(=O)CCC(N)C(=O)O. The number of carboxylic acid groups (broad SMARTS) is 1. The van der Waals surface area contributed by atoms with Crippen LogP contribution in [0.1, 0.15) is 45.4 Å². The molecule has 0 saturated heterocycles. The Kier molecular flexibility index (Phi) is 13.4. The minimum Gasteiger partial charge on any atom is -0.480 e. The van der Waals surface area contributed by atoms with Crippen LogP contribution in [0.3, 0.4) is 0 Å². The first-order chi connectivity index (χ1) is 12.3. The fourth-order valence-electron chi connectivity index (χ4n) is 1.92. The normalized spacial score (nSPS) is 12.7. The maximum absolute atomic E-state index is 12.0. The van der Waals surface area contributed by atoms with Crippen molar-refractivity contribution in [2.24, 2.45) is 5.73 Å². The van der Waals surface area contributed by atoms with Gasteiger partial charge < -0.3 is 26.2 Å². The number of carbonyl (C=O) groups excluding carboxylic acids is 3. The Morgan fingerprint density at radius 2 is 1.88 bits per heavy atom. The lowest BCUT2D eigenvalue weighted by molar-refractivity contribution is -0.144. The molecule has 5 N–H and O–H groups in total. The number of carbonyl (C=O) groups is 4. The first kappa shape index (κ1) is 24.2. The minimum absolute atomic E-state index is 0.0224. The van der Waals surface area contributed by atoms with Crippen LogP contribution in [0.4, 0.5) is 0 Å². The standard InChI is InChI=1S/C16H29N3O6S/c1-2-3-4-5-8-25-14(21)9-18-15(22)12(10-26)19-13(20)7-6-11(17)16(23)24/h11-12,26H,2-10,17H2,1H3,(H,18,22)(H,19,20)(H,23,24). The van der Waals surface area contributed by atoms with Crippen molar-refractivity contribution in [3.05, 3.63) is 0 Å². The highest BCUT2D eigenvalue weighted by molar-refractivity contribution is 7.80. The largest absolute Gasteiger partial charge is 0.480 e. The van der Waals surface area contributed by atoms with Crippen molar-refractivity contribution in [3.8, 4) is 0 Å². The van der Waals surface area contributed by atoms with E-state index in [1.54, 1.807) is 0 Å². The second kappa shape index (κ2) is 14.4. The number of thiol groups is 1. The van der Waals surface area contributed by atoms with Gasteiger partial charge in [0.05, 0.1) is 6.61 Å². The molecule has 0 aromatic heterocycles. The Morgan fingerprint density at radius 3 is 2.46 bits per heavy atom. The van der Waals surface area contributed by atoms with Crippen molar-refractivity contribution in [2.45, 2.75) is 57.5 Å². The van der Waals surface area contributed by atoms with E-state index in [1.807, 2.05) is 0 Å². The Hall–Kier alpha value is -1.81. The molecule has 0 aliphatic heterocycles. The van der Waals surface area contributed by atoms with Gasteiger partial charge >= 0.3 is 11.9 Å². The van der Waals surface area contributed by atoms with Gasteiger partial charge in [-0.3, -0.25) is 19.2 Å². The Morgan fingerprint density at radius 1 is 1.19 bits per heavy atom. The van der Waals surface area contributed by atoms with Gasteiger partial charge in [0, 0.05) is 12.2 Å². The van der Waals surface area contributed by atoms with Crippen LogP contribution in [0.5, 0.6) is 0 Å². The zero-order valence-electron chi connectivity index (χ0n) is 15.0. The summed E-state index contributed by atoms with van der Waals surface area (Å²) >= 11 is 3.99. The molecular formula is C16H29N3O6S. The second-order valence-electron chi connectivity index (χ2n) is 5.79. The Bertz CT molecular complexity index is 475. The van der Waals surface area contributed by atoms with Gasteiger partial charge in [-0.05, 0) is 12.8 Å². The van der Waals surface area contributed by atoms with Gasteiger partial charge in [0.15, 0.2) is 0 Å². The Labute approximate surface area is 158 Å². The highest BCUT2D eigenvalue weighted by Gasteiger charge is 2.21. The maximum Gasteiger partial charge on any atom is 0.325 e. The summed E-state index contributed by atoms with van der Waals surface area (Å²) in [5.74, 6) is -2.82. The lowest BCUT2D eigenvalue weighted by Gasteiger charge is -2.16. The predicted molar refractivity (Wildman–Crippen MR) is 98.7 cm³/mol. The molecule has 2 unspecified atom stereocenters. The average molecular weight is 391 g/mol. The van der Waals surface area contributed by atoms with Crippen LogP contribution in [0.2, 0.25) is 0 Å². The van der Waals surface area contributed by atoms with Crippen molar-refractivity contribution in [3.63, 3.8) is 0 Å². The summed E-state index contributed by atoms with van der Waals surface area (Å²) in [6.45, 7) is 2.10. The van der Waals surface area contributed by atoms with E-state index >= 15 is 0 Å². The summed E-state index contributed by atoms with van der Waals surface area (Å²) in [5.41, 5.74) is 5.31. The molecule has 0 radical (unpaired) electrons. The average Bonchev–Trinajstić information content (AvgIpc) is 2.61. The molecule has 0 aromatic carbocycles. The van der Waals surface area contributed by atoms with Gasteiger partial charge in [-0.15, -0.1) is 0 Å². The molecule has 0 heterocycles. The molecular weight excluding hydrogens is 362 g/mol. The molecule has 150 valence electrons. The van der Waals surface area contributed by atoms with E-state index < -0.39 is 35.8 Å². The topological polar surface area (TPSA) is 148 Å². The van der Waals surface area contributed by atoms with Crippen LogP contribution < -0.4 is 16.4 Å². The highest BCUT2D eigenvalue weighted by Crippen LogP contribution is 1.99. The molecule has 0 fully saturated rings. The number of unbranched alkanes of at least 4 members (excludes halogenated alkanes) is 3. The highest BCUT2D eigenvalue weighted by atomic mass is 32.1. The van der Waals surface area contributed by atoms with Crippen molar-refractivity contribution in [1.29, 1.82) is 0 Å². The number of aliphatic carboxylic acids is 1. The summed E-state index contributed by atoms with van der Waals surface area (Å²) in [6.07, 6.45) is 3.74. The molecule has 0 rings (SSSR count). The lowest BCUT2D eigenvalue weighted by atomic mass is 10.1. The number of hydrogen-bond acceptors (Lipinski definition) is 7. The summed E-state index contributed by atoms with van der Waals surface area (Å²) in [4.78, 5) is 45.9. The van der Waals surface area contributed by atoms with Gasteiger partial charge in [0.2, 0.25) is 11.8 Å². The molecule has 10 heteroatoms. The predicted octanol–water partition coefficient (Wildman–Crippen LogP) is -0.167. The molecule has 0 aliphatic rings. The molecule has 0 saturated carbocycles. The van der Waals surface area contributed by atoms with Crippen molar-refractivity contribution < 1.29 is 29.0 Å². The number of hydrogen-bond donors (Lipinski definition) is 5. The number of carboxylic acids is 1. The smallest absolute Gasteiger partial charge is 0.325 e. The number of amides is 2. The summed E-state index contributed by atoms with van der Waals surface area (Å²) < 4.78 is 4.99. The van der Waals surface area contributed by atoms with Gasteiger partial charge in [0.25, 0.3) is 0 Å². The molecule has 0 aromatic rings. The fourth-order valence-corrected chi connectivity index (χ4v) is 2.18. The first-order valence-electron chi connectivity index (χ1n) is 8.63. The number of esters is 1. The van der Waals surface area contributed by atoms with Crippen LogP contribution >= 0.6 is 12.6 Å². The molecule has 9 nitrogen and oxygen atoms in total. The van der Waals surface area contributed by atoms with E-state index in [0.29, 0.717) is 6.61 Å². The number of nitrogens with one attached hydrogen (secondary N) is 2. The third-order valence-corrected chi connectivity index (χ3v) is 3.87. The minimum atomic E-state index is -1.20. The van der Waals surface area contributed by atoms with Crippen molar-refractivity contribution in [1.82, 2.24) is 10.6 Å². The number of nitrogens with two attached hydrogens (primary N) is 1. The van der Waals surface area contributed by atoms with Crippen LogP contribution in [0.25, 0.3) is 0 Å². The van der Waals surface area contributed by atoms with Gasteiger partial charge in [0.1, 0.15) is 18.6 Å². The lowest BCUT2D eigenvalue weighted by Crippen LogP contribution is -2.49. The molecule has 0 spiro atoms. The van der Waals surface area contributed by atoms with Crippen LogP contribution in [-0.4, -0.2) is 59.8 Å². The van der Waals surface area contributed by atoms with Gasteiger partial charge in [-0.25, -0.2) is 0 Å². The molecule has 0 aliphatic carbocycles. The molecule has 26 heavy (non-hydrogen) atoms. The van der Waals surface area contributed by atoms with Crippen LogP contribution in [0.15, 0.2) is 0 Å².